The number of allylic oxidation sites excluding steroid dienone is 1. The number of nitrogen functional groups attached to an aromatic ring is 1. The molecule has 0 unspecified atom stereocenters. The van der Waals surface area contributed by atoms with Gasteiger partial charge in [-0.25, -0.2) is 4.98 Å². The Labute approximate surface area is 101 Å². The molecular weight excluding hydrogens is 218 g/mol. The highest BCUT2D eigenvalue weighted by Gasteiger charge is 2.22. The number of nitrogens with zero attached hydrogens (tertiary/aromatic N) is 2. The van der Waals surface area contributed by atoms with Crippen LogP contribution in [0.25, 0.3) is 0 Å². The molecule has 0 fully saturated rings. The summed E-state index contributed by atoms with van der Waals surface area (Å²) in [5, 5.41) is 2.50. The van der Waals surface area contributed by atoms with Crippen molar-refractivity contribution in [3.8, 4) is 0 Å². The lowest BCUT2D eigenvalue weighted by atomic mass is 10.1. The van der Waals surface area contributed by atoms with Gasteiger partial charge < -0.3 is 21.4 Å². The first-order valence-electron chi connectivity index (χ1n) is 5.33. The number of aromatic nitrogens is 2. The van der Waals surface area contributed by atoms with Crippen molar-refractivity contribution in [1.82, 2.24) is 14.9 Å². The second-order valence-corrected chi connectivity index (χ2v) is 4.72. The second kappa shape index (κ2) is 4.48. The Morgan fingerprint density at radius 1 is 1.53 bits per heavy atom. The summed E-state index contributed by atoms with van der Waals surface area (Å²) in [7, 11) is 0. The van der Waals surface area contributed by atoms with E-state index in [1.54, 1.807) is 23.9 Å². The molecular formula is C11H19N5O. The van der Waals surface area contributed by atoms with E-state index in [-0.39, 0.29) is 17.1 Å². The fourth-order valence-electron chi connectivity index (χ4n) is 1.33. The maximum absolute atomic E-state index is 11.8. The first kappa shape index (κ1) is 13.1. The van der Waals surface area contributed by atoms with Crippen LogP contribution in [0.1, 0.15) is 38.2 Å². The van der Waals surface area contributed by atoms with Crippen LogP contribution in [0.3, 0.4) is 0 Å². The van der Waals surface area contributed by atoms with Gasteiger partial charge in [-0.1, -0.05) is 0 Å². The molecule has 0 aliphatic rings. The summed E-state index contributed by atoms with van der Waals surface area (Å²) < 4.78 is 1.74. The first-order chi connectivity index (χ1) is 7.77. The van der Waals surface area contributed by atoms with Gasteiger partial charge in [-0.15, -0.1) is 0 Å². The van der Waals surface area contributed by atoms with Crippen LogP contribution < -0.4 is 16.8 Å². The van der Waals surface area contributed by atoms with Crippen LogP contribution in [0, 0.1) is 0 Å². The number of nitrogens with one attached hydrogen (secondary N) is 1. The molecule has 0 saturated carbocycles. The van der Waals surface area contributed by atoms with E-state index in [9.17, 15) is 4.79 Å². The van der Waals surface area contributed by atoms with E-state index >= 15 is 0 Å². The van der Waals surface area contributed by atoms with Gasteiger partial charge in [0.1, 0.15) is 5.82 Å². The van der Waals surface area contributed by atoms with Crippen LogP contribution in [0.5, 0.6) is 0 Å². The Bertz CT molecular complexity index is 453. The number of carbonyl (C=O) groups is 1. The summed E-state index contributed by atoms with van der Waals surface area (Å²) in [5.74, 6) is 0.208. The predicted molar refractivity (Wildman–Crippen MR) is 67.0 cm³/mol. The van der Waals surface area contributed by atoms with Gasteiger partial charge in [0.2, 0.25) is 0 Å². The molecule has 0 bridgehead atoms. The number of nitrogens with two attached hydrogens (primary N) is 2. The van der Waals surface area contributed by atoms with E-state index < -0.39 is 5.91 Å². The van der Waals surface area contributed by atoms with Gasteiger partial charge >= 0.3 is 0 Å². The number of carbonyl (C=O) groups excluding carboxylic acids is 1. The fraction of sp³-hybridized carbons (Fsp3) is 0.455. The summed E-state index contributed by atoms with van der Waals surface area (Å²) in [5.41, 5.74) is 11.4. The van der Waals surface area contributed by atoms with E-state index in [0.717, 1.165) is 0 Å². The van der Waals surface area contributed by atoms with Crippen LogP contribution in [-0.4, -0.2) is 15.5 Å². The molecule has 0 atom stereocenters. The molecule has 6 heteroatoms. The van der Waals surface area contributed by atoms with Crippen molar-refractivity contribution in [3.63, 3.8) is 0 Å². The standard InChI is InChI=1S/C11H19N5O/c1-5-7(12)15-10(17)8-9(13)16(6-14-8)11(2,3)4/h5-6H,12-13H2,1-4H3,(H,15,17)/b7-5-. The molecule has 0 aromatic carbocycles. The van der Waals surface area contributed by atoms with Gasteiger partial charge in [-0.2, -0.15) is 0 Å². The minimum Gasteiger partial charge on any atom is -0.385 e. The second-order valence-electron chi connectivity index (χ2n) is 4.72. The lowest BCUT2D eigenvalue weighted by Gasteiger charge is -2.21. The van der Waals surface area contributed by atoms with Crippen molar-refractivity contribution < 1.29 is 4.79 Å². The van der Waals surface area contributed by atoms with Gasteiger partial charge in [0.25, 0.3) is 5.91 Å². The number of amides is 1. The lowest BCUT2D eigenvalue weighted by molar-refractivity contribution is 0.0962. The highest BCUT2D eigenvalue weighted by Crippen LogP contribution is 2.21. The number of rotatable bonds is 2. The Morgan fingerprint density at radius 2 is 2.12 bits per heavy atom. The van der Waals surface area contributed by atoms with Crippen LogP contribution in [0.2, 0.25) is 0 Å². The minimum atomic E-state index is -0.402. The van der Waals surface area contributed by atoms with E-state index in [1.165, 1.54) is 0 Å². The lowest BCUT2D eigenvalue weighted by Crippen LogP contribution is -2.29. The molecule has 1 aromatic heterocycles. The van der Waals surface area contributed by atoms with Crippen molar-refractivity contribution in [2.45, 2.75) is 33.2 Å². The summed E-state index contributed by atoms with van der Waals surface area (Å²) in [6, 6.07) is 0. The zero-order valence-electron chi connectivity index (χ0n) is 10.6. The molecule has 0 aliphatic carbocycles. The van der Waals surface area contributed by atoms with Crippen LogP contribution >= 0.6 is 0 Å². The average Bonchev–Trinajstić information content (AvgIpc) is 2.59. The minimum absolute atomic E-state index is 0.185. The average molecular weight is 237 g/mol. The molecule has 0 saturated heterocycles. The van der Waals surface area contributed by atoms with Crippen molar-refractivity contribution in [1.29, 1.82) is 0 Å². The van der Waals surface area contributed by atoms with Crippen molar-refractivity contribution in [3.05, 3.63) is 23.9 Å². The molecule has 1 aromatic rings. The number of anilines is 1. The highest BCUT2D eigenvalue weighted by molar-refractivity contribution is 5.97. The SMILES string of the molecule is C/C=C(/N)NC(=O)c1ncn(C(C)(C)C)c1N. The Morgan fingerprint density at radius 3 is 2.53 bits per heavy atom. The molecule has 0 spiro atoms. The number of hydrogen-bond donors (Lipinski definition) is 3. The normalized spacial score (nSPS) is 12.6. The molecule has 5 N–H and O–H groups in total. The number of imidazole rings is 1. The van der Waals surface area contributed by atoms with Crippen molar-refractivity contribution in [2.24, 2.45) is 5.73 Å². The third-order valence-corrected chi connectivity index (χ3v) is 2.31. The Hall–Kier alpha value is -1.98. The summed E-state index contributed by atoms with van der Waals surface area (Å²) >= 11 is 0. The maximum Gasteiger partial charge on any atom is 0.279 e. The molecule has 94 valence electrons. The van der Waals surface area contributed by atoms with Gasteiger partial charge in [0.05, 0.1) is 12.1 Å². The molecule has 0 radical (unpaired) electrons. The fourth-order valence-corrected chi connectivity index (χ4v) is 1.33. The molecule has 1 amide bonds. The summed E-state index contributed by atoms with van der Waals surface area (Å²) in [6.07, 6.45) is 3.14. The molecule has 1 heterocycles. The molecule has 0 aliphatic heterocycles. The van der Waals surface area contributed by atoms with Gasteiger partial charge in [0, 0.05) is 5.54 Å². The quantitative estimate of drug-likeness (QED) is 0.707. The Kier molecular flexibility index (Phi) is 3.45. The smallest absolute Gasteiger partial charge is 0.279 e. The zero-order valence-corrected chi connectivity index (χ0v) is 10.6. The maximum atomic E-state index is 11.8. The van der Waals surface area contributed by atoms with Gasteiger partial charge in [-0.05, 0) is 33.8 Å². The topological polar surface area (TPSA) is 99.0 Å². The summed E-state index contributed by atoms with van der Waals surface area (Å²) in [6.45, 7) is 7.67. The predicted octanol–water partition coefficient (Wildman–Crippen LogP) is 0.770. The van der Waals surface area contributed by atoms with Crippen molar-refractivity contribution >= 4 is 11.7 Å². The highest BCUT2D eigenvalue weighted by atomic mass is 16.2. The monoisotopic (exact) mass is 237 g/mol. The Balaban J connectivity index is 3.02. The molecule has 17 heavy (non-hydrogen) atoms. The van der Waals surface area contributed by atoms with Gasteiger partial charge in [-0.3, -0.25) is 4.79 Å². The first-order valence-corrected chi connectivity index (χ1v) is 5.33. The number of hydrogen-bond acceptors (Lipinski definition) is 4. The van der Waals surface area contributed by atoms with Crippen LogP contribution in [0.15, 0.2) is 18.2 Å². The summed E-state index contributed by atoms with van der Waals surface area (Å²) in [4.78, 5) is 15.8. The van der Waals surface area contributed by atoms with Crippen LogP contribution in [0.4, 0.5) is 5.82 Å². The molecule has 6 nitrogen and oxygen atoms in total. The van der Waals surface area contributed by atoms with Gasteiger partial charge in [0.15, 0.2) is 5.69 Å². The van der Waals surface area contributed by atoms with Crippen LogP contribution in [-0.2, 0) is 5.54 Å². The largest absolute Gasteiger partial charge is 0.385 e. The van der Waals surface area contributed by atoms with E-state index in [0.29, 0.717) is 5.82 Å². The van der Waals surface area contributed by atoms with E-state index in [1.807, 2.05) is 20.8 Å². The third-order valence-electron chi connectivity index (χ3n) is 2.31. The zero-order chi connectivity index (χ0) is 13.2. The van der Waals surface area contributed by atoms with E-state index in [4.69, 9.17) is 11.5 Å². The van der Waals surface area contributed by atoms with E-state index in [2.05, 4.69) is 10.3 Å². The van der Waals surface area contributed by atoms with Crippen molar-refractivity contribution in [2.75, 3.05) is 5.73 Å². The third kappa shape index (κ3) is 2.77. The molecule has 1 rings (SSSR count).